The summed E-state index contributed by atoms with van der Waals surface area (Å²) < 4.78 is 0. The minimum atomic E-state index is 0.0843. The number of nitriles is 1. The van der Waals surface area contributed by atoms with Crippen molar-refractivity contribution in [3.63, 3.8) is 0 Å². The summed E-state index contributed by atoms with van der Waals surface area (Å²) in [5.74, 6) is 0.479. The molecule has 1 aromatic rings. The van der Waals surface area contributed by atoms with Crippen LogP contribution in [0.5, 0.6) is 0 Å². The SMILES string of the molecule is CCc1ccccc1N1CCC(CC#N)C1(C)C. The Morgan fingerprint density at radius 2 is 2.11 bits per heavy atom. The van der Waals surface area contributed by atoms with Gasteiger partial charge >= 0.3 is 0 Å². The van der Waals surface area contributed by atoms with Crippen molar-refractivity contribution in [2.24, 2.45) is 5.92 Å². The molecule has 0 spiro atoms. The molecular formula is C16H22N2. The average molecular weight is 242 g/mol. The fraction of sp³-hybridized carbons (Fsp3) is 0.562. The van der Waals surface area contributed by atoms with Gasteiger partial charge in [0.1, 0.15) is 0 Å². The Hall–Kier alpha value is -1.49. The first-order chi connectivity index (χ1) is 8.61. The van der Waals surface area contributed by atoms with Gasteiger partial charge in [-0.25, -0.2) is 0 Å². The summed E-state index contributed by atoms with van der Waals surface area (Å²) in [5, 5.41) is 8.95. The molecule has 1 heterocycles. The maximum absolute atomic E-state index is 8.95. The van der Waals surface area contributed by atoms with Crippen LogP contribution in [0.15, 0.2) is 24.3 Å². The normalized spacial score (nSPS) is 21.9. The predicted molar refractivity (Wildman–Crippen MR) is 75.6 cm³/mol. The van der Waals surface area contributed by atoms with Crippen LogP contribution in [0.25, 0.3) is 0 Å². The second-order valence-electron chi connectivity index (χ2n) is 5.64. The van der Waals surface area contributed by atoms with Gasteiger partial charge < -0.3 is 4.90 Å². The maximum atomic E-state index is 8.95. The molecule has 0 bridgehead atoms. The summed E-state index contributed by atoms with van der Waals surface area (Å²) in [4.78, 5) is 2.49. The topological polar surface area (TPSA) is 27.0 Å². The first-order valence-corrected chi connectivity index (χ1v) is 6.83. The molecule has 2 heteroatoms. The molecule has 1 aliphatic heterocycles. The van der Waals surface area contributed by atoms with Gasteiger partial charge in [0, 0.05) is 24.2 Å². The number of para-hydroxylation sites is 1. The molecule has 1 fully saturated rings. The van der Waals surface area contributed by atoms with E-state index in [9.17, 15) is 0 Å². The molecule has 0 aliphatic carbocycles. The summed E-state index contributed by atoms with van der Waals surface area (Å²) in [6.07, 6.45) is 2.85. The lowest BCUT2D eigenvalue weighted by molar-refractivity contribution is 0.371. The van der Waals surface area contributed by atoms with Crippen molar-refractivity contribution >= 4 is 5.69 Å². The molecular weight excluding hydrogens is 220 g/mol. The van der Waals surface area contributed by atoms with Gasteiger partial charge in [-0.05, 0) is 44.2 Å². The Bertz CT molecular complexity index is 456. The molecule has 2 nitrogen and oxygen atoms in total. The van der Waals surface area contributed by atoms with E-state index >= 15 is 0 Å². The highest BCUT2D eigenvalue weighted by Gasteiger charge is 2.41. The van der Waals surface area contributed by atoms with Gasteiger partial charge in [0.15, 0.2) is 0 Å². The van der Waals surface area contributed by atoms with Crippen molar-refractivity contribution < 1.29 is 0 Å². The number of aryl methyl sites for hydroxylation is 1. The van der Waals surface area contributed by atoms with Crippen LogP contribution in [0.3, 0.4) is 0 Å². The van der Waals surface area contributed by atoms with Crippen LogP contribution in [0.1, 0.15) is 39.2 Å². The fourth-order valence-corrected chi connectivity index (χ4v) is 3.11. The molecule has 1 atom stereocenters. The van der Waals surface area contributed by atoms with Crippen LogP contribution in [-0.2, 0) is 6.42 Å². The molecule has 2 rings (SSSR count). The highest BCUT2D eigenvalue weighted by atomic mass is 15.2. The Kier molecular flexibility index (Phi) is 3.61. The van der Waals surface area contributed by atoms with E-state index in [0.29, 0.717) is 12.3 Å². The first kappa shape index (κ1) is 13.0. The van der Waals surface area contributed by atoms with Crippen LogP contribution in [0, 0.1) is 17.2 Å². The molecule has 1 aliphatic rings. The van der Waals surface area contributed by atoms with Crippen LogP contribution in [-0.4, -0.2) is 12.1 Å². The van der Waals surface area contributed by atoms with Crippen LogP contribution >= 0.6 is 0 Å². The molecule has 18 heavy (non-hydrogen) atoms. The zero-order valence-corrected chi connectivity index (χ0v) is 11.6. The molecule has 0 saturated carbocycles. The van der Waals surface area contributed by atoms with E-state index in [-0.39, 0.29) is 5.54 Å². The van der Waals surface area contributed by atoms with Crippen molar-refractivity contribution in [1.29, 1.82) is 5.26 Å². The molecule has 96 valence electrons. The Morgan fingerprint density at radius 1 is 1.39 bits per heavy atom. The predicted octanol–water partition coefficient (Wildman–Crippen LogP) is 3.77. The van der Waals surface area contributed by atoms with Crippen molar-refractivity contribution in [3.8, 4) is 6.07 Å². The van der Waals surface area contributed by atoms with Gasteiger partial charge in [-0.1, -0.05) is 25.1 Å². The number of hydrogen-bond donors (Lipinski definition) is 0. The van der Waals surface area contributed by atoms with Crippen LogP contribution < -0.4 is 4.90 Å². The Labute approximate surface area is 110 Å². The minimum absolute atomic E-state index is 0.0843. The number of benzene rings is 1. The number of anilines is 1. The van der Waals surface area contributed by atoms with E-state index in [2.05, 4.69) is 56.0 Å². The van der Waals surface area contributed by atoms with E-state index < -0.39 is 0 Å². The van der Waals surface area contributed by atoms with E-state index in [4.69, 9.17) is 5.26 Å². The molecule has 0 amide bonds. The Morgan fingerprint density at radius 3 is 2.78 bits per heavy atom. The second-order valence-corrected chi connectivity index (χ2v) is 5.64. The van der Waals surface area contributed by atoms with Crippen LogP contribution in [0.2, 0.25) is 0 Å². The van der Waals surface area contributed by atoms with Gasteiger partial charge in [-0.2, -0.15) is 5.26 Å². The zero-order valence-electron chi connectivity index (χ0n) is 11.6. The Balaban J connectivity index is 2.32. The standard InChI is InChI=1S/C16H22N2/c1-4-13-7-5-6-8-15(13)18-12-10-14(9-11-17)16(18,2)3/h5-8,14H,4,9-10,12H2,1-3H3. The average Bonchev–Trinajstić information content (AvgIpc) is 2.65. The van der Waals surface area contributed by atoms with Gasteiger partial charge in [-0.3, -0.25) is 0 Å². The first-order valence-electron chi connectivity index (χ1n) is 6.83. The lowest BCUT2D eigenvalue weighted by atomic mass is 9.86. The summed E-state index contributed by atoms with van der Waals surface area (Å²) in [6, 6.07) is 11.0. The van der Waals surface area contributed by atoms with Crippen molar-refractivity contribution in [3.05, 3.63) is 29.8 Å². The van der Waals surface area contributed by atoms with Gasteiger partial charge in [0.25, 0.3) is 0 Å². The largest absolute Gasteiger partial charge is 0.366 e. The number of nitrogens with zero attached hydrogens (tertiary/aromatic N) is 2. The zero-order chi connectivity index (χ0) is 13.2. The maximum Gasteiger partial charge on any atom is 0.0625 e. The third-order valence-electron chi connectivity index (χ3n) is 4.40. The fourth-order valence-electron chi connectivity index (χ4n) is 3.11. The quantitative estimate of drug-likeness (QED) is 0.806. The smallest absolute Gasteiger partial charge is 0.0625 e. The number of hydrogen-bond acceptors (Lipinski definition) is 2. The monoisotopic (exact) mass is 242 g/mol. The molecule has 0 aromatic heterocycles. The highest BCUT2D eigenvalue weighted by Crippen LogP contribution is 2.40. The molecule has 0 radical (unpaired) electrons. The van der Waals surface area contributed by atoms with Crippen LogP contribution in [0.4, 0.5) is 5.69 Å². The third-order valence-corrected chi connectivity index (χ3v) is 4.40. The van der Waals surface area contributed by atoms with Crippen molar-refractivity contribution in [2.45, 2.75) is 45.6 Å². The second kappa shape index (κ2) is 5.02. The summed E-state index contributed by atoms with van der Waals surface area (Å²) in [7, 11) is 0. The lowest BCUT2D eigenvalue weighted by Gasteiger charge is -2.38. The van der Waals surface area contributed by atoms with E-state index in [1.807, 2.05) is 0 Å². The van der Waals surface area contributed by atoms with Crippen molar-refractivity contribution in [2.75, 3.05) is 11.4 Å². The van der Waals surface area contributed by atoms with Gasteiger partial charge in [0.2, 0.25) is 0 Å². The van der Waals surface area contributed by atoms with E-state index in [1.54, 1.807) is 0 Å². The molecule has 1 unspecified atom stereocenters. The molecule has 1 aromatic carbocycles. The molecule has 0 N–H and O–H groups in total. The highest BCUT2D eigenvalue weighted by molar-refractivity contribution is 5.56. The summed E-state index contributed by atoms with van der Waals surface area (Å²) in [5.41, 5.74) is 2.84. The van der Waals surface area contributed by atoms with E-state index in [0.717, 1.165) is 19.4 Å². The summed E-state index contributed by atoms with van der Waals surface area (Å²) in [6.45, 7) is 7.81. The third kappa shape index (κ3) is 2.10. The summed E-state index contributed by atoms with van der Waals surface area (Å²) >= 11 is 0. The number of rotatable bonds is 3. The van der Waals surface area contributed by atoms with E-state index in [1.165, 1.54) is 11.3 Å². The minimum Gasteiger partial charge on any atom is -0.366 e. The van der Waals surface area contributed by atoms with Gasteiger partial charge in [-0.15, -0.1) is 0 Å². The lowest BCUT2D eigenvalue weighted by Crippen LogP contribution is -2.43. The van der Waals surface area contributed by atoms with Gasteiger partial charge in [0.05, 0.1) is 6.07 Å². The van der Waals surface area contributed by atoms with Crippen molar-refractivity contribution in [1.82, 2.24) is 0 Å². The molecule has 1 saturated heterocycles.